The molecule has 1 aliphatic carbocycles. The molecule has 1 saturated heterocycles. The number of anilines is 2. The average Bonchev–Trinajstić information content (AvgIpc) is 3.31. The number of ether oxygens (including phenoxy) is 2. The van der Waals surface area contributed by atoms with Crippen LogP contribution in [0.25, 0.3) is 10.2 Å². The maximum atomic E-state index is 5.57. The number of hydrogen-bond acceptors (Lipinski definition) is 6. The lowest BCUT2D eigenvalue weighted by Gasteiger charge is -2.23. The molecular weight excluding hydrogens is 384 g/mol. The molecule has 3 aromatic rings. The number of fused-ring (bicyclic) bond motifs is 3. The standard InChI is InChI=1S/C22H26N4O2S/c1-2-28-16-8-6-15(7-9-16)23-21-20-17-4-3-5-18(17)29-22(20)25-19(24-21)14-26-10-12-27-13-11-26/h6-9H,2-5,10-14H2,1H3,(H,23,24,25)/p+1. The van der Waals surface area contributed by atoms with Crippen LogP contribution in [-0.4, -0.2) is 42.9 Å². The summed E-state index contributed by atoms with van der Waals surface area (Å²) in [5.41, 5.74) is 2.47. The van der Waals surface area contributed by atoms with Crippen LogP contribution in [0.1, 0.15) is 29.6 Å². The average molecular weight is 412 g/mol. The Bertz CT molecular complexity index is 996. The lowest BCUT2D eigenvalue weighted by Crippen LogP contribution is -3.12. The Balaban J connectivity index is 1.49. The molecule has 0 unspecified atom stereocenters. The maximum absolute atomic E-state index is 5.57. The van der Waals surface area contributed by atoms with Crippen molar-refractivity contribution >= 4 is 33.1 Å². The summed E-state index contributed by atoms with van der Waals surface area (Å²) in [5, 5.41) is 4.80. The summed E-state index contributed by atoms with van der Waals surface area (Å²) in [5.74, 6) is 2.75. The van der Waals surface area contributed by atoms with E-state index in [0.29, 0.717) is 6.61 Å². The van der Waals surface area contributed by atoms with Crippen molar-refractivity contribution in [3.63, 3.8) is 0 Å². The van der Waals surface area contributed by atoms with Crippen molar-refractivity contribution in [2.24, 2.45) is 0 Å². The van der Waals surface area contributed by atoms with Crippen LogP contribution in [0.2, 0.25) is 0 Å². The van der Waals surface area contributed by atoms with Gasteiger partial charge in [0.2, 0.25) is 0 Å². The SMILES string of the molecule is CCOc1ccc(Nc2nc(C[NH+]3CCOCC3)nc3sc4c(c23)CCC4)cc1. The van der Waals surface area contributed by atoms with E-state index < -0.39 is 0 Å². The number of benzene rings is 1. The van der Waals surface area contributed by atoms with Crippen LogP contribution in [0.5, 0.6) is 5.75 Å². The highest BCUT2D eigenvalue weighted by Crippen LogP contribution is 2.40. The van der Waals surface area contributed by atoms with Crippen molar-refractivity contribution < 1.29 is 14.4 Å². The highest BCUT2D eigenvalue weighted by atomic mass is 32.1. The molecule has 3 heterocycles. The van der Waals surface area contributed by atoms with Gasteiger partial charge in [0.1, 0.15) is 36.0 Å². The molecule has 1 aliphatic heterocycles. The minimum Gasteiger partial charge on any atom is -0.494 e. The highest BCUT2D eigenvalue weighted by Gasteiger charge is 2.24. The van der Waals surface area contributed by atoms with Gasteiger partial charge in [-0.2, -0.15) is 0 Å². The van der Waals surface area contributed by atoms with Crippen molar-refractivity contribution in [1.29, 1.82) is 0 Å². The summed E-state index contributed by atoms with van der Waals surface area (Å²) < 4.78 is 11.1. The smallest absolute Gasteiger partial charge is 0.187 e. The zero-order chi connectivity index (χ0) is 19.6. The second-order valence-corrected chi connectivity index (χ2v) is 8.73. The molecule has 1 aromatic carbocycles. The Morgan fingerprint density at radius 1 is 1.14 bits per heavy atom. The third kappa shape index (κ3) is 3.95. The van der Waals surface area contributed by atoms with Crippen LogP contribution >= 0.6 is 11.3 Å². The molecule has 6 nitrogen and oxygen atoms in total. The Hall–Kier alpha value is -2.22. The van der Waals surface area contributed by atoms with Crippen molar-refractivity contribution in [2.75, 3.05) is 38.2 Å². The Kier molecular flexibility index (Phi) is 5.35. The zero-order valence-corrected chi connectivity index (χ0v) is 17.6. The van der Waals surface area contributed by atoms with Crippen molar-refractivity contribution in [2.45, 2.75) is 32.7 Å². The van der Waals surface area contributed by atoms with Gasteiger partial charge in [0.15, 0.2) is 5.82 Å². The molecule has 0 radical (unpaired) electrons. The topological polar surface area (TPSA) is 60.7 Å². The van der Waals surface area contributed by atoms with E-state index in [-0.39, 0.29) is 0 Å². The summed E-state index contributed by atoms with van der Waals surface area (Å²) in [6, 6.07) is 8.11. The van der Waals surface area contributed by atoms with Gasteiger partial charge in [-0.3, -0.25) is 0 Å². The molecule has 2 aromatic heterocycles. The monoisotopic (exact) mass is 411 g/mol. The van der Waals surface area contributed by atoms with Crippen LogP contribution < -0.4 is 15.0 Å². The van der Waals surface area contributed by atoms with Crippen molar-refractivity contribution in [3.8, 4) is 5.75 Å². The van der Waals surface area contributed by atoms with Gasteiger partial charge in [0, 0.05) is 10.6 Å². The second kappa shape index (κ2) is 8.26. The van der Waals surface area contributed by atoms with E-state index in [4.69, 9.17) is 19.4 Å². The molecule has 2 N–H and O–H groups in total. The summed E-state index contributed by atoms with van der Waals surface area (Å²) in [4.78, 5) is 14.1. The molecule has 0 atom stereocenters. The number of quaternary nitrogens is 1. The third-order valence-electron chi connectivity index (χ3n) is 5.65. The van der Waals surface area contributed by atoms with E-state index in [1.165, 1.54) is 33.6 Å². The quantitative estimate of drug-likeness (QED) is 0.653. The first-order valence-corrected chi connectivity index (χ1v) is 11.3. The lowest BCUT2D eigenvalue weighted by atomic mass is 10.2. The fraction of sp³-hybridized carbons (Fsp3) is 0.455. The first-order chi connectivity index (χ1) is 14.3. The van der Waals surface area contributed by atoms with Crippen LogP contribution in [0.15, 0.2) is 24.3 Å². The number of aryl methyl sites for hydroxylation is 2. The summed E-state index contributed by atoms with van der Waals surface area (Å²) in [6.07, 6.45) is 3.53. The van der Waals surface area contributed by atoms with E-state index in [1.807, 2.05) is 30.4 Å². The number of nitrogens with one attached hydrogen (secondary N) is 2. The van der Waals surface area contributed by atoms with Gasteiger partial charge in [-0.1, -0.05) is 0 Å². The van der Waals surface area contributed by atoms with E-state index in [0.717, 1.165) is 67.2 Å². The predicted molar refractivity (Wildman–Crippen MR) is 116 cm³/mol. The Labute approximate surface area is 174 Å². The first kappa shape index (κ1) is 18.8. The molecule has 0 amide bonds. The Morgan fingerprint density at radius 2 is 1.97 bits per heavy atom. The second-order valence-electron chi connectivity index (χ2n) is 7.65. The fourth-order valence-corrected chi connectivity index (χ4v) is 5.49. The number of rotatable bonds is 6. The highest BCUT2D eigenvalue weighted by molar-refractivity contribution is 7.19. The summed E-state index contributed by atoms with van der Waals surface area (Å²) >= 11 is 1.85. The Morgan fingerprint density at radius 3 is 2.76 bits per heavy atom. The minimum atomic E-state index is 0.674. The molecule has 29 heavy (non-hydrogen) atoms. The van der Waals surface area contributed by atoms with Gasteiger partial charge in [0.05, 0.1) is 25.2 Å². The van der Waals surface area contributed by atoms with Crippen LogP contribution in [0.3, 0.4) is 0 Å². The molecule has 7 heteroatoms. The van der Waals surface area contributed by atoms with Gasteiger partial charge >= 0.3 is 0 Å². The molecule has 0 spiro atoms. The lowest BCUT2D eigenvalue weighted by molar-refractivity contribution is -0.922. The molecule has 152 valence electrons. The van der Waals surface area contributed by atoms with Crippen LogP contribution in [-0.2, 0) is 24.1 Å². The number of hydrogen-bond donors (Lipinski definition) is 2. The van der Waals surface area contributed by atoms with E-state index in [1.54, 1.807) is 0 Å². The fourth-order valence-electron chi connectivity index (χ4n) is 4.21. The van der Waals surface area contributed by atoms with Gasteiger partial charge in [-0.15, -0.1) is 11.3 Å². The molecule has 2 aliphatic rings. The predicted octanol–water partition coefficient (Wildman–Crippen LogP) is 2.74. The normalized spacial score (nSPS) is 16.9. The molecule has 1 fully saturated rings. The van der Waals surface area contributed by atoms with E-state index in [2.05, 4.69) is 17.4 Å². The number of morpholine rings is 1. The van der Waals surface area contributed by atoms with Crippen LogP contribution in [0, 0.1) is 0 Å². The van der Waals surface area contributed by atoms with E-state index in [9.17, 15) is 0 Å². The first-order valence-electron chi connectivity index (χ1n) is 10.5. The summed E-state index contributed by atoms with van der Waals surface area (Å²) in [6.45, 7) is 7.20. The number of aromatic nitrogens is 2. The third-order valence-corrected chi connectivity index (χ3v) is 6.83. The van der Waals surface area contributed by atoms with Gasteiger partial charge in [-0.25, -0.2) is 9.97 Å². The summed E-state index contributed by atoms with van der Waals surface area (Å²) in [7, 11) is 0. The zero-order valence-electron chi connectivity index (χ0n) is 16.8. The van der Waals surface area contributed by atoms with E-state index >= 15 is 0 Å². The van der Waals surface area contributed by atoms with Crippen LogP contribution in [0.4, 0.5) is 11.5 Å². The molecule has 0 bridgehead atoms. The minimum absolute atomic E-state index is 0.674. The molecule has 0 saturated carbocycles. The largest absolute Gasteiger partial charge is 0.494 e. The van der Waals surface area contributed by atoms with Crippen molar-refractivity contribution in [1.82, 2.24) is 9.97 Å². The number of nitrogens with zero attached hydrogens (tertiary/aromatic N) is 2. The maximum Gasteiger partial charge on any atom is 0.187 e. The molecular formula is C22H27N4O2S+. The van der Waals surface area contributed by atoms with Gasteiger partial charge in [0.25, 0.3) is 0 Å². The number of thiophene rings is 1. The van der Waals surface area contributed by atoms with Crippen molar-refractivity contribution in [3.05, 3.63) is 40.5 Å². The van der Waals surface area contributed by atoms with Gasteiger partial charge < -0.3 is 19.7 Å². The molecule has 5 rings (SSSR count). The van der Waals surface area contributed by atoms with Gasteiger partial charge in [-0.05, 0) is 56.0 Å².